The number of rotatable bonds is 5. The number of fused-ring (bicyclic) bond motifs is 1. The molecule has 2 aliphatic rings. The van der Waals surface area contributed by atoms with Crippen molar-refractivity contribution in [2.45, 2.75) is 25.7 Å². The lowest BCUT2D eigenvalue weighted by molar-refractivity contribution is -0.000648. The number of aromatic nitrogens is 1. The highest BCUT2D eigenvalue weighted by atomic mass is 16.5. The molecule has 2 aliphatic heterocycles. The van der Waals surface area contributed by atoms with Crippen LogP contribution in [0.4, 0.5) is 0 Å². The van der Waals surface area contributed by atoms with E-state index < -0.39 is 0 Å². The molecule has 0 bridgehead atoms. The first-order valence-corrected chi connectivity index (χ1v) is 9.40. The van der Waals surface area contributed by atoms with Gasteiger partial charge in [-0.1, -0.05) is 18.2 Å². The number of benzene rings is 1. The molecule has 0 atom stereocenters. The molecule has 1 aromatic carbocycles. The molecular formula is C20H27N3O2. The SMILES string of the molecule is O=C(NCC1(CN2CCCC2)CCOCC1)c1cc2ccccc2[nH]1. The fourth-order valence-electron chi connectivity index (χ4n) is 4.17. The Balaban J connectivity index is 1.43. The van der Waals surface area contributed by atoms with Crippen LogP contribution in [0.25, 0.3) is 10.9 Å². The van der Waals surface area contributed by atoms with E-state index in [1.807, 2.05) is 30.3 Å². The molecule has 4 rings (SSSR count). The molecule has 134 valence electrons. The molecule has 0 radical (unpaired) electrons. The maximum atomic E-state index is 12.6. The van der Waals surface area contributed by atoms with Gasteiger partial charge < -0.3 is 19.9 Å². The molecule has 0 aliphatic carbocycles. The van der Waals surface area contributed by atoms with Gasteiger partial charge in [0.05, 0.1) is 0 Å². The van der Waals surface area contributed by atoms with E-state index in [4.69, 9.17) is 4.74 Å². The summed E-state index contributed by atoms with van der Waals surface area (Å²) in [4.78, 5) is 18.4. The van der Waals surface area contributed by atoms with Gasteiger partial charge in [0.1, 0.15) is 5.69 Å². The first-order valence-electron chi connectivity index (χ1n) is 9.40. The minimum Gasteiger partial charge on any atom is -0.381 e. The van der Waals surface area contributed by atoms with Crippen LogP contribution in [0.5, 0.6) is 0 Å². The fourth-order valence-corrected chi connectivity index (χ4v) is 4.17. The largest absolute Gasteiger partial charge is 0.381 e. The molecule has 2 saturated heterocycles. The van der Waals surface area contributed by atoms with Gasteiger partial charge in [0, 0.05) is 42.6 Å². The Morgan fingerprint density at radius 2 is 1.96 bits per heavy atom. The highest BCUT2D eigenvalue weighted by Gasteiger charge is 2.35. The van der Waals surface area contributed by atoms with Crippen molar-refractivity contribution in [2.75, 3.05) is 39.4 Å². The Kier molecular flexibility index (Phi) is 4.77. The zero-order valence-corrected chi connectivity index (χ0v) is 14.7. The van der Waals surface area contributed by atoms with Crippen LogP contribution < -0.4 is 5.32 Å². The van der Waals surface area contributed by atoms with E-state index in [1.165, 1.54) is 25.9 Å². The Hall–Kier alpha value is -1.85. The highest BCUT2D eigenvalue weighted by molar-refractivity contribution is 5.97. The lowest BCUT2D eigenvalue weighted by Crippen LogP contribution is -2.48. The van der Waals surface area contributed by atoms with Gasteiger partial charge in [-0.2, -0.15) is 0 Å². The lowest BCUT2D eigenvalue weighted by atomic mass is 9.79. The number of nitrogens with one attached hydrogen (secondary N) is 2. The standard InChI is InChI=1S/C20H27N3O2/c24-19(18-13-16-5-1-2-6-17(16)22-18)21-14-20(7-11-25-12-8-20)15-23-9-3-4-10-23/h1-2,5-6,13,22H,3-4,7-12,14-15H2,(H,21,24). The van der Waals surface area contributed by atoms with Crippen LogP contribution in [0.2, 0.25) is 0 Å². The Morgan fingerprint density at radius 3 is 2.72 bits per heavy atom. The van der Waals surface area contributed by atoms with E-state index >= 15 is 0 Å². The second kappa shape index (κ2) is 7.18. The van der Waals surface area contributed by atoms with E-state index in [9.17, 15) is 4.79 Å². The second-order valence-corrected chi connectivity index (χ2v) is 7.55. The first-order chi connectivity index (χ1) is 12.2. The number of aromatic amines is 1. The van der Waals surface area contributed by atoms with Crippen LogP contribution in [0.15, 0.2) is 30.3 Å². The molecule has 1 aromatic heterocycles. The monoisotopic (exact) mass is 341 g/mol. The predicted molar refractivity (Wildman–Crippen MR) is 98.8 cm³/mol. The summed E-state index contributed by atoms with van der Waals surface area (Å²) in [7, 11) is 0. The van der Waals surface area contributed by atoms with Crippen molar-refractivity contribution in [2.24, 2.45) is 5.41 Å². The van der Waals surface area contributed by atoms with E-state index in [0.29, 0.717) is 5.69 Å². The number of H-pyrrole nitrogens is 1. The summed E-state index contributed by atoms with van der Waals surface area (Å²) >= 11 is 0. The topological polar surface area (TPSA) is 57.4 Å². The van der Waals surface area contributed by atoms with Gasteiger partial charge in [-0.05, 0) is 50.9 Å². The number of likely N-dealkylation sites (tertiary alicyclic amines) is 1. The minimum absolute atomic E-state index is 0.0107. The molecule has 2 aromatic rings. The first kappa shape index (κ1) is 16.6. The Labute approximate surface area is 148 Å². The fraction of sp³-hybridized carbons (Fsp3) is 0.550. The third kappa shape index (κ3) is 3.72. The van der Waals surface area contributed by atoms with Crippen molar-refractivity contribution in [3.8, 4) is 0 Å². The molecule has 0 unspecified atom stereocenters. The minimum atomic E-state index is -0.0107. The van der Waals surface area contributed by atoms with Crippen molar-refractivity contribution in [3.63, 3.8) is 0 Å². The van der Waals surface area contributed by atoms with Crippen LogP contribution in [0.1, 0.15) is 36.2 Å². The van der Waals surface area contributed by atoms with Crippen LogP contribution in [0.3, 0.4) is 0 Å². The van der Waals surface area contributed by atoms with E-state index in [-0.39, 0.29) is 11.3 Å². The van der Waals surface area contributed by atoms with Gasteiger partial charge in [0.2, 0.25) is 0 Å². The van der Waals surface area contributed by atoms with Gasteiger partial charge >= 0.3 is 0 Å². The molecule has 3 heterocycles. The molecule has 0 saturated carbocycles. The molecule has 25 heavy (non-hydrogen) atoms. The summed E-state index contributed by atoms with van der Waals surface area (Å²) in [5, 5.41) is 4.27. The van der Waals surface area contributed by atoms with Gasteiger partial charge in [0.25, 0.3) is 5.91 Å². The number of para-hydroxylation sites is 1. The maximum Gasteiger partial charge on any atom is 0.267 e. The summed E-state index contributed by atoms with van der Waals surface area (Å²) in [6.45, 7) is 5.79. The van der Waals surface area contributed by atoms with Crippen molar-refractivity contribution in [3.05, 3.63) is 36.0 Å². The van der Waals surface area contributed by atoms with Gasteiger partial charge in [-0.3, -0.25) is 4.79 Å². The number of nitrogens with zero attached hydrogens (tertiary/aromatic N) is 1. The molecule has 1 amide bonds. The maximum absolute atomic E-state index is 12.6. The third-order valence-corrected chi connectivity index (χ3v) is 5.71. The second-order valence-electron chi connectivity index (χ2n) is 7.55. The number of carbonyl (C=O) groups is 1. The normalized spacial score (nSPS) is 20.8. The zero-order valence-electron chi connectivity index (χ0n) is 14.7. The van der Waals surface area contributed by atoms with E-state index in [0.717, 1.165) is 50.0 Å². The molecule has 0 spiro atoms. The number of amides is 1. The highest BCUT2D eigenvalue weighted by Crippen LogP contribution is 2.32. The third-order valence-electron chi connectivity index (χ3n) is 5.71. The summed E-state index contributed by atoms with van der Waals surface area (Å²) in [6.07, 6.45) is 4.65. The van der Waals surface area contributed by atoms with Gasteiger partial charge in [-0.15, -0.1) is 0 Å². The smallest absolute Gasteiger partial charge is 0.267 e. The summed E-state index contributed by atoms with van der Waals surface area (Å²) in [6, 6.07) is 9.93. The van der Waals surface area contributed by atoms with Crippen LogP contribution in [-0.4, -0.2) is 55.2 Å². The van der Waals surface area contributed by atoms with E-state index in [1.54, 1.807) is 0 Å². The van der Waals surface area contributed by atoms with Crippen LogP contribution in [-0.2, 0) is 4.74 Å². The number of hydrogen-bond acceptors (Lipinski definition) is 3. The van der Waals surface area contributed by atoms with Gasteiger partial charge in [0.15, 0.2) is 0 Å². The average molecular weight is 341 g/mol. The lowest BCUT2D eigenvalue weighted by Gasteiger charge is -2.40. The molecule has 5 heteroatoms. The van der Waals surface area contributed by atoms with Crippen LogP contribution >= 0.6 is 0 Å². The number of ether oxygens (including phenoxy) is 1. The summed E-state index contributed by atoms with van der Waals surface area (Å²) < 4.78 is 5.58. The molecule has 2 fully saturated rings. The zero-order chi connectivity index (χ0) is 17.1. The van der Waals surface area contributed by atoms with Crippen molar-refractivity contribution < 1.29 is 9.53 Å². The quantitative estimate of drug-likeness (QED) is 0.879. The van der Waals surface area contributed by atoms with E-state index in [2.05, 4.69) is 15.2 Å². The Bertz CT molecular complexity index is 694. The predicted octanol–water partition coefficient (Wildman–Crippen LogP) is 2.79. The Morgan fingerprint density at radius 1 is 1.20 bits per heavy atom. The van der Waals surface area contributed by atoms with Crippen molar-refractivity contribution >= 4 is 16.8 Å². The van der Waals surface area contributed by atoms with Crippen LogP contribution in [0, 0.1) is 5.41 Å². The number of hydrogen-bond donors (Lipinski definition) is 2. The van der Waals surface area contributed by atoms with Crippen molar-refractivity contribution in [1.29, 1.82) is 0 Å². The average Bonchev–Trinajstić information content (AvgIpc) is 3.30. The molecule has 2 N–H and O–H groups in total. The summed E-state index contributed by atoms with van der Waals surface area (Å²) in [5.74, 6) is -0.0107. The number of carbonyl (C=O) groups excluding carboxylic acids is 1. The van der Waals surface area contributed by atoms with Crippen molar-refractivity contribution in [1.82, 2.24) is 15.2 Å². The summed E-state index contributed by atoms with van der Waals surface area (Å²) in [5.41, 5.74) is 1.79. The molecular weight excluding hydrogens is 314 g/mol. The molecule has 5 nitrogen and oxygen atoms in total. The van der Waals surface area contributed by atoms with Gasteiger partial charge in [-0.25, -0.2) is 0 Å².